The second-order valence-electron chi connectivity index (χ2n) is 5.56. The quantitative estimate of drug-likeness (QED) is 0.882. The largest absolute Gasteiger partial charge is 0.416 e. The van der Waals surface area contributed by atoms with Crippen LogP contribution in [-0.2, 0) is 26.0 Å². The molecule has 1 heterocycles. The minimum absolute atomic E-state index is 0.0360. The number of primary amides is 1. The van der Waals surface area contributed by atoms with Crippen LogP contribution in [0.4, 0.5) is 13.2 Å². The highest BCUT2D eigenvalue weighted by atomic mass is 19.4. The molecule has 1 saturated heterocycles. The topological polar surface area (TPSA) is 81.4 Å². The third-order valence-corrected chi connectivity index (χ3v) is 3.86. The molecule has 0 radical (unpaired) electrons. The maximum atomic E-state index is 12.8. The van der Waals surface area contributed by atoms with Crippen molar-refractivity contribution in [2.75, 3.05) is 6.61 Å². The van der Waals surface area contributed by atoms with E-state index in [9.17, 15) is 22.8 Å². The molecule has 23 heavy (non-hydrogen) atoms. The van der Waals surface area contributed by atoms with E-state index in [1.54, 1.807) is 0 Å². The average molecular weight is 330 g/mol. The van der Waals surface area contributed by atoms with Crippen LogP contribution >= 0.6 is 0 Å². The highest BCUT2D eigenvalue weighted by Crippen LogP contribution is 2.32. The van der Waals surface area contributed by atoms with Crippen molar-refractivity contribution >= 4 is 11.8 Å². The second-order valence-corrected chi connectivity index (χ2v) is 5.56. The number of halogens is 3. The standard InChI is InChI=1S/C15H17F3N2O3/c1-14(13(19)22,20-12(21)11-6-3-7-23-11)9-4-2-5-10(8-9)15(16,17)18/h2,4-5,8,11H,3,6-7H2,1H3,(H2,19,22)(H,20,21). The maximum Gasteiger partial charge on any atom is 0.416 e. The zero-order chi connectivity index (χ0) is 17.3. The molecular formula is C15H17F3N2O3. The molecule has 1 aliphatic rings. The van der Waals surface area contributed by atoms with E-state index in [0.29, 0.717) is 19.4 Å². The van der Waals surface area contributed by atoms with E-state index in [4.69, 9.17) is 10.5 Å². The average Bonchev–Trinajstić information content (AvgIpc) is 3.00. The van der Waals surface area contributed by atoms with Gasteiger partial charge in [0.2, 0.25) is 11.8 Å². The Balaban J connectivity index is 2.33. The number of alkyl halides is 3. The van der Waals surface area contributed by atoms with E-state index in [-0.39, 0.29) is 5.56 Å². The molecule has 1 aromatic carbocycles. The fourth-order valence-electron chi connectivity index (χ4n) is 2.39. The Bertz CT molecular complexity index is 612. The van der Waals surface area contributed by atoms with Crippen LogP contribution in [0.15, 0.2) is 24.3 Å². The predicted molar refractivity (Wildman–Crippen MR) is 75.1 cm³/mol. The molecule has 0 bridgehead atoms. The lowest BCUT2D eigenvalue weighted by atomic mass is 9.89. The van der Waals surface area contributed by atoms with Gasteiger partial charge in [0, 0.05) is 6.61 Å². The van der Waals surface area contributed by atoms with Gasteiger partial charge in [-0.05, 0) is 37.5 Å². The molecule has 2 unspecified atom stereocenters. The number of hydrogen-bond donors (Lipinski definition) is 2. The van der Waals surface area contributed by atoms with Crippen LogP contribution in [-0.4, -0.2) is 24.5 Å². The van der Waals surface area contributed by atoms with Crippen molar-refractivity contribution in [2.45, 2.75) is 37.6 Å². The van der Waals surface area contributed by atoms with Gasteiger partial charge in [-0.2, -0.15) is 13.2 Å². The molecule has 8 heteroatoms. The van der Waals surface area contributed by atoms with Crippen molar-refractivity contribution in [1.82, 2.24) is 5.32 Å². The van der Waals surface area contributed by atoms with Crippen molar-refractivity contribution in [3.8, 4) is 0 Å². The van der Waals surface area contributed by atoms with Gasteiger partial charge >= 0.3 is 6.18 Å². The van der Waals surface area contributed by atoms with Gasteiger partial charge in [-0.15, -0.1) is 0 Å². The van der Waals surface area contributed by atoms with Crippen LogP contribution in [0.25, 0.3) is 0 Å². The summed E-state index contributed by atoms with van der Waals surface area (Å²) >= 11 is 0. The van der Waals surface area contributed by atoms with Crippen LogP contribution in [0.1, 0.15) is 30.9 Å². The molecule has 1 aromatic rings. The first-order valence-electron chi connectivity index (χ1n) is 7.06. The lowest BCUT2D eigenvalue weighted by Crippen LogP contribution is -2.55. The summed E-state index contributed by atoms with van der Waals surface area (Å²) in [6.07, 6.45) is -4.09. The molecule has 1 fully saturated rings. The maximum absolute atomic E-state index is 12.8. The van der Waals surface area contributed by atoms with Crippen LogP contribution in [0.3, 0.4) is 0 Å². The number of benzene rings is 1. The smallest absolute Gasteiger partial charge is 0.368 e. The summed E-state index contributed by atoms with van der Waals surface area (Å²) in [5.41, 5.74) is 2.62. The fraction of sp³-hybridized carbons (Fsp3) is 0.467. The molecule has 1 aliphatic heterocycles. The Hall–Kier alpha value is -2.09. The summed E-state index contributed by atoms with van der Waals surface area (Å²) in [5, 5.41) is 2.42. The summed E-state index contributed by atoms with van der Waals surface area (Å²) in [6.45, 7) is 1.70. The van der Waals surface area contributed by atoms with Crippen molar-refractivity contribution < 1.29 is 27.5 Å². The first-order chi connectivity index (χ1) is 10.6. The van der Waals surface area contributed by atoms with Crippen LogP contribution in [0, 0.1) is 0 Å². The van der Waals surface area contributed by atoms with Gasteiger partial charge in [0.25, 0.3) is 0 Å². The number of hydrogen-bond acceptors (Lipinski definition) is 3. The first-order valence-corrected chi connectivity index (χ1v) is 7.06. The molecular weight excluding hydrogens is 313 g/mol. The third-order valence-electron chi connectivity index (χ3n) is 3.86. The van der Waals surface area contributed by atoms with E-state index in [0.717, 1.165) is 18.2 Å². The Morgan fingerprint density at radius 3 is 2.48 bits per heavy atom. The highest BCUT2D eigenvalue weighted by Gasteiger charge is 2.39. The Morgan fingerprint density at radius 2 is 1.96 bits per heavy atom. The van der Waals surface area contributed by atoms with E-state index in [1.807, 2.05) is 0 Å². The van der Waals surface area contributed by atoms with Gasteiger partial charge in [-0.3, -0.25) is 9.59 Å². The fourth-order valence-corrected chi connectivity index (χ4v) is 2.39. The van der Waals surface area contributed by atoms with Crippen molar-refractivity contribution in [2.24, 2.45) is 5.73 Å². The number of nitrogens with two attached hydrogens (primary N) is 1. The van der Waals surface area contributed by atoms with E-state index >= 15 is 0 Å². The zero-order valence-corrected chi connectivity index (χ0v) is 12.4. The van der Waals surface area contributed by atoms with Gasteiger partial charge in [0.05, 0.1) is 5.56 Å². The Kier molecular flexibility index (Phi) is 4.65. The zero-order valence-electron chi connectivity index (χ0n) is 12.4. The van der Waals surface area contributed by atoms with Crippen LogP contribution < -0.4 is 11.1 Å². The van der Waals surface area contributed by atoms with Crippen LogP contribution in [0.2, 0.25) is 0 Å². The first kappa shape index (κ1) is 17.3. The Labute approximate surface area is 131 Å². The molecule has 2 atom stereocenters. The molecule has 126 valence electrons. The monoisotopic (exact) mass is 330 g/mol. The lowest BCUT2D eigenvalue weighted by molar-refractivity contribution is -0.138. The lowest BCUT2D eigenvalue weighted by Gasteiger charge is -2.29. The van der Waals surface area contributed by atoms with E-state index < -0.39 is 35.2 Å². The second kappa shape index (κ2) is 6.19. The van der Waals surface area contributed by atoms with Crippen molar-refractivity contribution in [1.29, 1.82) is 0 Å². The summed E-state index contributed by atoms with van der Waals surface area (Å²) < 4.78 is 43.7. The van der Waals surface area contributed by atoms with Gasteiger partial charge in [-0.1, -0.05) is 12.1 Å². The normalized spacial score (nSPS) is 20.8. The number of carbonyl (C=O) groups is 2. The number of nitrogens with one attached hydrogen (secondary N) is 1. The third kappa shape index (κ3) is 3.64. The summed E-state index contributed by atoms with van der Waals surface area (Å²) in [4.78, 5) is 24.0. The van der Waals surface area contributed by atoms with E-state index in [1.165, 1.54) is 13.0 Å². The molecule has 5 nitrogen and oxygen atoms in total. The number of rotatable bonds is 4. The number of carbonyl (C=O) groups excluding carboxylic acids is 2. The predicted octanol–water partition coefficient (Wildman–Crippen LogP) is 1.70. The van der Waals surface area contributed by atoms with Gasteiger partial charge < -0.3 is 15.8 Å². The minimum Gasteiger partial charge on any atom is -0.368 e. The molecule has 2 amide bonds. The van der Waals surface area contributed by atoms with Crippen molar-refractivity contribution in [3.05, 3.63) is 35.4 Å². The van der Waals surface area contributed by atoms with Crippen molar-refractivity contribution in [3.63, 3.8) is 0 Å². The summed E-state index contributed by atoms with van der Waals surface area (Å²) in [7, 11) is 0. The van der Waals surface area contributed by atoms with Gasteiger partial charge in [-0.25, -0.2) is 0 Å². The molecule has 3 N–H and O–H groups in total. The minimum atomic E-state index is -4.56. The molecule has 0 saturated carbocycles. The van der Waals surface area contributed by atoms with Gasteiger partial charge in [0.1, 0.15) is 11.6 Å². The van der Waals surface area contributed by atoms with Gasteiger partial charge in [0.15, 0.2) is 0 Å². The number of ether oxygens (including phenoxy) is 1. The molecule has 0 aromatic heterocycles. The highest BCUT2D eigenvalue weighted by molar-refractivity contribution is 5.92. The Morgan fingerprint density at radius 1 is 1.30 bits per heavy atom. The number of amides is 2. The summed E-state index contributed by atoms with van der Waals surface area (Å²) in [5.74, 6) is -1.52. The SMILES string of the molecule is CC(NC(=O)C1CCCO1)(C(N)=O)c1cccc(C(F)(F)F)c1. The summed E-state index contributed by atoms with van der Waals surface area (Å²) in [6, 6.07) is 4.17. The molecule has 2 rings (SSSR count). The van der Waals surface area contributed by atoms with E-state index in [2.05, 4.69) is 5.32 Å². The molecule has 0 aliphatic carbocycles. The molecule has 0 spiro atoms. The van der Waals surface area contributed by atoms with Crippen LogP contribution in [0.5, 0.6) is 0 Å².